The van der Waals surface area contributed by atoms with Crippen LogP contribution in [0.2, 0.25) is 0 Å². The Balaban J connectivity index is 1.55. The zero-order valence-corrected chi connectivity index (χ0v) is 19.3. The summed E-state index contributed by atoms with van der Waals surface area (Å²) in [5, 5.41) is 3.31. The van der Waals surface area contributed by atoms with E-state index in [-0.39, 0.29) is 17.2 Å². The van der Waals surface area contributed by atoms with Gasteiger partial charge in [0.25, 0.3) is 0 Å². The maximum absolute atomic E-state index is 13.0. The molecule has 0 spiro atoms. The molecule has 1 amide bonds. The topological polar surface area (TPSA) is 88.2 Å². The van der Waals surface area contributed by atoms with Gasteiger partial charge in [-0.3, -0.25) is 4.79 Å². The van der Waals surface area contributed by atoms with E-state index in [2.05, 4.69) is 15.0 Å². The molecule has 1 heterocycles. The second kappa shape index (κ2) is 9.20. The minimum atomic E-state index is -3.81. The van der Waals surface area contributed by atoms with Crippen molar-refractivity contribution in [3.63, 3.8) is 0 Å². The predicted octanol–water partition coefficient (Wildman–Crippen LogP) is 4.96. The molecule has 0 saturated carbocycles. The van der Waals surface area contributed by atoms with Gasteiger partial charge in [-0.15, -0.1) is 0 Å². The summed E-state index contributed by atoms with van der Waals surface area (Å²) >= 11 is 1.39. The monoisotopic (exact) mass is 465 g/mol. The average Bonchev–Trinajstić information content (AvgIpc) is 3.15. The number of anilines is 1. The highest BCUT2D eigenvalue weighted by Crippen LogP contribution is 2.28. The lowest BCUT2D eigenvalue weighted by Crippen LogP contribution is -2.31. The van der Waals surface area contributed by atoms with Gasteiger partial charge in [0.1, 0.15) is 0 Å². The molecule has 0 saturated heterocycles. The van der Waals surface area contributed by atoms with Crippen LogP contribution in [0.3, 0.4) is 0 Å². The van der Waals surface area contributed by atoms with Crippen LogP contribution in [0.15, 0.2) is 77.7 Å². The molecule has 0 fully saturated rings. The molecule has 0 bridgehead atoms. The number of sulfonamides is 1. The minimum absolute atomic E-state index is 0.0654. The molecule has 1 atom stereocenters. The Morgan fingerprint density at radius 3 is 2.38 bits per heavy atom. The molecule has 3 aromatic carbocycles. The van der Waals surface area contributed by atoms with E-state index in [1.807, 2.05) is 50.2 Å². The maximum atomic E-state index is 13.0. The quantitative estimate of drug-likeness (QED) is 0.404. The third kappa shape index (κ3) is 5.21. The molecule has 8 heteroatoms. The molecule has 32 heavy (non-hydrogen) atoms. The largest absolute Gasteiger partial charge is 0.302 e. The number of carbonyl (C=O) groups is 1. The van der Waals surface area contributed by atoms with Crippen LogP contribution in [0.5, 0.6) is 0 Å². The minimum Gasteiger partial charge on any atom is -0.302 e. The summed E-state index contributed by atoms with van der Waals surface area (Å²) in [6, 6.07) is 20.9. The van der Waals surface area contributed by atoms with E-state index in [0.717, 1.165) is 21.3 Å². The van der Waals surface area contributed by atoms with Gasteiger partial charge in [-0.25, -0.2) is 18.1 Å². The average molecular weight is 466 g/mol. The first kappa shape index (κ1) is 22.1. The number of hydrogen-bond acceptors (Lipinski definition) is 5. The molecular weight excluding hydrogens is 442 g/mol. The Morgan fingerprint density at radius 1 is 0.969 bits per heavy atom. The summed E-state index contributed by atoms with van der Waals surface area (Å²) in [7, 11) is -3.81. The van der Waals surface area contributed by atoms with Gasteiger partial charge in [0.2, 0.25) is 15.9 Å². The van der Waals surface area contributed by atoms with Gasteiger partial charge in [-0.2, -0.15) is 0 Å². The van der Waals surface area contributed by atoms with Crippen molar-refractivity contribution in [3.8, 4) is 0 Å². The van der Waals surface area contributed by atoms with E-state index in [9.17, 15) is 13.2 Å². The van der Waals surface area contributed by atoms with Crippen LogP contribution in [-0.2, 0) is 14.8 Å². The summed E-state index contributed by atoms with van der Waals surface area (Å²) in [6.07, 6.45) is -0.0654. The van der Waals surface area contributed by atoms with Gasteiger partial charge in [-0.1, -0.05) is 65.4 Å². The van der Waals surface area contributed by atoms with E-state index < -0.39 is 16.1 Å². The number of hydrogen-bond donors (Lipinski definition) is 2. The van der Waals surface area contributed by atoms with Gasteiger partial charge in [-0.05, 0) is 49.2 Å². The zero-order valence-electron chi connectivity index (χ0n) is 17.7. The standard InChI is InChI=1S/C24H23N3O3S2/c1-16-8-11-19(12-9-16)32(29,30)27-21(18-6-4-3-5-7-18)15-23(28)26-24-25-20-13-10-17(2)14-22(20)31-24/h3-14,21,27H,15H2,1-2H3,(H,25,26,28)/t21-/m1/s1. The number of rotatable bonds is 7. The third-order valence-corrected chi connectivity index (χ3v) is 7.43. The molecule has 4 aromatic rings. The lowest BCUT2D eigenvalue weighted by molar-refractivity contribution is -0.116. The molecule has 0 aliphatic carbocycles. The first-order valence-electron chi connectivity index (χ1n) is 10.1. The zero-order chi connectivity index (χ0) is 22.7. The summed E-state index contributed by atoms with van der Waals surface area (Å²) < 4.78 is 29.6. The third-order valence-electron chi connectivity index (χ3n) is 5.01. The second-order valence-corrected chi connectivity index (χ2v) is 10.4. The Bertz CT molecular complexity index is 1350. The summed E-state index contributed by atoms with van der Waals surface area (Å²) in [5.41, 5.74) is 3.61. The number of nitrogens with zero attached hydrogens (tertiary/aromatic N) is 1. The maximum Gasteiger partial charge on any atom is 0.241 e. The van der Waals surface area contributed by atoms with Crippen LogP contribution in [0, 0.1) is 13.8 Å². The van der Waals surface area contributed by atoms with Crippen molar-refractivity contribution in [1.29, 1.82) is 0 Å². The van der Waals surface area contributed by atoms with E-state index in [1.54, 1.807) is 36.4 Å². The number of fused-ring (bicyclic) bond motifs is 1. The number of amides is 1. The number of benzene rings is 3. The number of aryl methyl sites for hydroxylation is 2. The fraction of sp³-hybridized carbons (Fsp3) is 0.167. The number of carbonyl (C=O) groups excluding carboxylic acids is 1. The van der Waals surface area contributed by atoms with Crippen molar-refractivity contribution in [2.24, 2.45) is 0 Å². The molecule has 0 unspecified atom stereocenters. The van der Waals surface area contributed by atoms with Gasteiger partial charge < -0.3 is 5.32 Å². The van der Waals surface area contributed by atoms with Gasteiger partial charge >= 0.3 is 0 Å². The SMILES string of the molecule is Cc1ccc(S(=O)(=O)N[C@H](CC(=O)Nc2nc3ccc(C)cc3s2)c2ccccc2)cc1. The van der Waals surface area contributed by atoms with Crippen LogP contribution < -0.4 is 10.0 Å². The van der Waals surface area contributed by atoms with Crippen molar-refractivity contribution in [1.82, 2.24) is 9.71 Å². The molecular formula is C24H23N3O3S2. The van der Waals surface area contributed by atoms with E-state index >= 15 is 0 Å². The van der Waals surface area contributed by atoms with Crippen molar-refractivity contribution in [2.45, 2.75) is 31.2 Å². The van der Waals surface area contributed by atoms with Crippen molar-refractivity contribution < 1.29 is 13.2 Å². The first-order valence-corrected chi connectivity index (χ1v) is 12.4. The van der Waals surface area contributed by atoms with Crippen LogP contribution in [0.1, 0.15) is 29.2 Å². The molecule has 1 aromatic heterocycles. The fourth-order valence-electron chi connectivity index (χ4n) is 3.33. The number of aromatic nitrogens is 1. The summed E-state index contributed by atoms with van der Waals surface area (Å²) in [5.74, 6) is -0.318. The summed E-state index contributed by atoms with van der Waals surface area (Å²) in [4.78, 5) is 17.4. The van der Waals surface area contributed by atoms with Crippen LogP contribution in [0.4, 0.5) is 5.13 Å². The molecule has 0 aliphatic rings. The first-order chi connectivity index (χ1) is 15.3. The lowest BCUT2D eigenvalue weighted by atomic mass is 10.0. The van der Waals surface area contributed by atoms with Gasteiger partial charge in [0.15, 0.2) is 5.13 Å². The highest BCUT2D eigenvalue weighted by atomic mass is 32.2. The van der Waals surface area contributed by atoms with Gasteiger partial charge in [0.05, 0.1) is 21.2 Å². The Kier molecular flexibility index (Phi) is 6.36. The smallest absolute Gasteiger partial charge is 0.241 e. The van der Waals surface area contributed by atoms with Crippen molar-refractivity contribution in [3.05, 3.63) is 89.5 Å². The molecule has 6 nitrogen and oxygen atoms in total. The molecule has 4 rings (SSSR count). The number of nitrogens with one attached hydrogen (secondary N) is 2. The highest BCUT2D eigenvalue weighted by Gasteiger charge is 2.24. The molecule has 2 N–H and O–H groups in total. The Morgan fingerprint density at radius 2 is 1.66 bits per heavy atom. The van der Waals surface area contributed by atoms with E-state index in [4.69, 9.17) is 0 Å². The van der Waals surface area contributed by atoms with Gasteiger partial charge in [0, 0.05) is 6.42 Å². The van der Waals surface area contributed by atoms with Crippen LogP contribution in [-0.4, -0.2) is 19.3 Å². The summed E-state index contributed by atoms with van der Waals surface area (Å²) in [6.45, 7) is 3.90. The van der Waals surface area contributed by atoms with Crippen molar-refractivity contribution >= 4 is 42.6 Å². The Labute approximate surface area is 191 Å². The lowest BCUT2D eigenvalue weighted by Gasteiger charge is -2.19. The molecule has 0 radical (unpaired) electrons. The number of thiazole rings is 1. The highest BCUT2D eigenvalue weighted by molar-refractivity contribution is 7.89. The normalized spacial score (nSPS) is 12.6. The fourth-order valence-corrected chi connectivity index (χ4v) is 5.53. The molecule has 164 valence electrons. The predicted molar refractivity (Wildman–Crippen MR) is 128 cm³/mol. The van der Waals surface area contributed by atoms with Crippen LogP contribution in [0.25, 0.3) is 10.2 Å². The second-order valence-electron chi connectivity index (χ2n) is 7.64. The van der Waals surface area contributed by atoms with E-state index in [0.29, 0.717) is 10.7 Å². The van der Waals surface area contributed by atoms with Crippen molar-refractivity contribution in [2.75, 3.05) is 5.32 Å². The Hall–Kier alpha value is -3.07. The molecule has 0 aliphatic heterocycles. The van der Waals surface area contributed by atoms with Crippen LogP contribution >= 0.6 is 11.3 Å². The van der Waals surface area contributed by atoms with E-state index in [1.165, 1.54) is 11.3 Å².